The molecule has 0 aliphatic heterocycles. The maximum absolute atomic E-state index is 11.8. The zero-order valence-corrected chi connectivity index (χ0v) is 10.6. The molecule has 92 valence electrons. The first-order valence-electron chi connectivity index (χ1n) is 6.10. The van der Waals surface area contributed by atoms with Crippen LogP contribution in [0.2, 0.25) is 0 Å². The fourth-order valence-electron chi connectivity index (χ4n) is 2.14. The number of nitrogens with two attached hydrogens (primary N) is 1. The van der Waals surface area contributed by atoms with Gasteiger partial charge in [-0.2, -0.15) is 0 Å². The molecule has 2 unspecified atom stereocenters. The van der Waals surface area contributed by atoms with E-state index in [4.69, 9.17) is 5.73 Å². The van der Waals surface area contributed by atoms with Crippen LogP contribution in [0.15, 0.2) is 0 Å². The molecule has 0 amide bonds. The van der Waals surface area contributed by atoms with Crippen LogP contribution in [0.25, 0.3) is 0 Å². The van der Waals surface area contributed by atoms with Crippen LogP contribution in [0.4, 0.5) is 0 Å². The first-order chi connectivity index (χ1) is 7.30. The average Bonchev–Trinajstić information content (AvgIpc) is 2.19. The molecule has 3 heteroatoms. The van der Waals surface area contributed by atoms with Gasteiger partial charge in [-0.1, -0.05) is 20.8 Å². The number of rotatable bonds is 0. The van der Waals surface area contributed by atoms with Crippen molar-refractivity contribution in [2.45, 2.75) is 58.9 Å². The number of carbonyl (C=O) groups excluding carboxylic acids is 2. The molecular weight excluding hydrogens is 202 g/mol. The highest BCUT2D eigenvalue weighted by atomic mass is 16.1. The summed E-state index contributed by atoms with van der Waals surface area (Å²) < 4.78 is 0. The van der Waals surface area contributed by atoms with E-state index < -0.39 is 0 Å². The van der Waals surface area contributed by atoms with Gasteiger partial charge in [-0.3, -0.25) is 9.59 Å². The molecule has 1 aliphatic rings. The van der Waals surface area contributed by atoms with Crippen molar-refractivity contribution in [2.24, 2.45) is 17.1 Å². The molecule has 0 saturated heterocycles. The van der Waals surface area contributed by atoms with Crippen LogP contribution < -0.4 is 5.73 Å². The summed E-state index contributed by atoms with van der Waals surface area (Å²) in [6, 6.07) is -0.365. The average molecular weight is 225 g/mol. The summed E-state index contributed by atoms with van der Waals surface area (Å²) in [6.07, 6.45) is 2.97. The molecule has 0 aromatic carbocycles. The van der Waals surface area contributed by atoms with Gasteiger partial charge in [0.05, 0.1) is 6.04 Å². The van der Waals surface area contributed by atoms with Crippen LogP contribution in [-0.4, -0.2) is 17.6 Å². The van der Waals surface area contributed by atoms with Gasteiger partial charge in [0.15, 0.2) is 0 Å². The Morgan fingerprint density at radius 2 is 1.81 bits per heavy atom. The topological polar surface area (TPSA) is 60.2 Å². The van der Waals surface area contributed by atoms with Crippen LogP contribution in [0, 0.1) is 11.3 Å². The number of Topliss-reactive ketones (excluding diaryl/α,β-unsaturated/α-hetero) is 2. The van der Waals surface area contributed by atoms with Crippen LogP contribution >= 0.6 is 0 Å². The van der Waals surface area contributed by atoms with Gasteiger partial charge in [-0.15, -0.1) is 0 Å². The molecule has 1 aliphatic carbocycles. The molecule has 0 radical (unpaired) electrons. The van der Waals surface area contributed by atoms with E-state index in [9.17, 15) is 9.59 Å². The molecule has 3 nitrogen and oxygen atoms in total. The minimum absolute atomic E-state index is 0.00458. The molecule has 1 saturated carbocycles. The summed E-state index contributed by atoms with van der Waals surface area (Å²) in [5, 5.41) is 0. The molecule has 0 aromatic rings. The minimum Gasteiger partial charge on any atom is -0.322 e. The second kappa shape index (κ2) is 5.09. The lowest BCUT2D eigenvalue weighted by atomic mass is 9.75. The van der Waals surface area contributed by atoms with Crippen molar-refractivity contribution in [3.8, 4) is 0 Å². The molecule has 0 heterocycles. The van der Waals surface area contributed by atoms with Gasteiger partial charge in [-0.25, -0.2) is 0 Å². The first kappa shape index (κ1) is 13.4. The Morgan fingerprint density at radius 3 is 2.38 bits per heavy atom. The third-order valence-electron chi connectivity index (χ3n) is 3.53. The van der Waals surface area contributed by atoms with E-state index >= 15 is 0 Å². The van der Waals surface area contributed by atoms with E-state index in [1.165, 1.54) is 0 Å². The lowest BCUT2D eigenvalue weighted by Crippen LogP contribution is -2.34. The summed E-state index contributed by atoms with van der Waals surface area (Å²) in [7, 11) is 0. The Labute approximate surface area is 97.8 Å². The van der Waals surface area contributed by atoms with Crippen molar-refractivity contribution >= 4 is 11.6 Å². The van der Waals surface area contributed by atoms with Crippen molar-refractivity contribution in [3.05, 3.63) is 0 Å². The summed E-state index contributed by atoms with van der Waals surface area (Å²) in [5.41, 5.74) is 5.80. The summed E-state index contributed by atoms with van der Waals surface area (Å²) in [5.74, 6) is 0.535. The van der Waals surface area contributed by atoms with Gasteiger partial charge in [0.1, 0.15) is 11.6 Å². The molecular formula is C13H23NO2. The zero-order valence-electron chi connectivity index (χ0n) is 10.6. The Balaban J connectivity index is 2.81. The third kappa shape index (κ3) is 3.71. The normalized spacial score (nSPS) is 29.5. The molecule has 0 bridgehead atoms. The van der Waals surface area contributed by atoms with Crippen LogP contribution in [0.1, 0.15) is 52.9 Å². The summed E-state index contributed by atoms with van der Waals surface area (Å²) in [4.78, 5) is 23.6. The predicted octanol–water partition coefficient (Wildman–Crippen LogP) is 2.08. The lowest BCUT2D eigenvalue weighted by molar-refractivity contribution is -0.123. The smallest absolute Gasteiger partial charge is 0.149 e. The van der Waals surface area contributed by atoms with Crippen LogP contribution in [0.3, 0.4) is 0 Å². The van der Waals surface area contributed by atoms with Gasteiger partial charge in [0.25, 0.3) is 0 Å². The van der Waals surface area contributed by atoms with E-state index in [0.29, 0.717) is 25.7 Å². The first-order valence-corrected chi connectivity index (χ1v) is 6.10. The number of hydrogen-bond donors (Lipinski definition) is 1. The van der Waals surface area contributed by atoms with Gasteiger partial charge < -0.3 is 5.73 Å². The standard InChI is InChI=1S/C13H23NO2/c1-13(2,3)9-7-10(15)5-4-6-11(14)12(16)8-9/h9,11H,4-8,14H2,1-3H3. The Hall–Kier alpha value is -0.700. The van der Waals surface area contributed by atoms with Crippen molar-refractivity contribution in [2.75, 3.05) is 0 Å². The Morgan fingerprint density at radius 1 is 1.19 bits per heavy atom. The molecule has 16 heavy (non-hydrogen) atoms. The highest BCUT2D eigenvalue weighted by molar-refractivity contribution is 5.86. The third-order valence-corrected chi connectivity index (χ3v) is 3.53. The van der Waals surface area contributed by atoms with E-state index in [1.807, 2.05) is 0 Å². The maximum atomic E-state index is 11.8. The van der Waals surface area contributed by atoms with Gasteiger partial charge >= 0.3 is 0 Å². The maximum Gasteiger partial charge on any atom is 0.149 e. The predicted molar refractivity (Wildman–Crippen MR) is 64.0 cm³/mol. The summed E-state index contributed by atoms with van der Waals surface area (Å²) >= 11 is 0. The second-order valence-electron chi connectivity index (χ2n) is 5.97. The van der Waals surface area contributed by atoms with Crippen molar-refractivity contribution in [1.82, 2.24) is 0 Å². The highest BCUT2D eigenvalue weighted by Gasteiger charge is 2.31. The lowest BCUT2D eigenvalue weighted by Gasteiger charge is -2.30. The molecule has 0 spiro atoms. The SMILES string of the molecule is CC(C)(C)C1CC(=O)CCCC(N)C(=O)C1. The molecule has 2 N–H and O–H groups in total. The van der Waals surface area contributed by atoms with E-state index in [-0.39, 0.29) is 28.9 Å². The van der Waals surface area contributed by atoms with Crippen LogP contribution in [-0.2, 0) is 9.59 Å². The Kier molecular flexibility index (Phi) is 4.25. The van der Waals surface area contributed by atoms with E-state index in [2.05, 4.69) is 20.8 Å². The van der Waals surface area contributed by atoms with Crippen molar-refractivity contribution < 1.29 is 9.59 Å². The number of hydrogen-bond acceptors (Lipinski definition) is 3. The van der Waals surface area contributed by atoms with Gasteiger partial charge in [0.2, 0.25) is 0 Å². The van der Waals surface area contributed by atoms with Crippen LogP contribution in [0.5, 0.6) is 0 Å². The van der Waals surface area contributed by atoms with Gasteiger partial charge in [0, 0.05) is 19.3 Å². The molecule has 2 atom stereocenters. The van der Waals surface area contributed by atoms with Gasteiger partial charge in [-0.05, 0) is 24.2 Å². The van der Waals surface area contributed by atoms with E-state index in [1.54, 1.807) is 0 Å². The fraction of sp³-hybridized carbons (Fsp3) is 0.846. The highest BCUT2D eigenvalue weighted by Crippen LogP contribution is 2.33. The van der Waals surface area contributed by atoms with Crippen molar-refractivity contribution in [3.63, 3.8) is 0 Å². The van der Waals surface area contributed by atoms with E-state index in [0.717, 1.165) is 6.42 Å². The zero-order chi connectivity index (χ0) is 12.3. The van der Waals surface area contributed by atoms with Crippen molar-refractivity contribution in [1.29, 1.82) is 0 Å². The fourth-order valence-corrected chi connectivity index (χ4v) is 2.14. The minimum atomic E-state index is -0.365. The molecule has 0 aromatic heterocycles. The quantitative estimate of drug-likeness (QED) is 0.686. The second-order valence-corrected chi connectivity index (χ2v) is 5.97. The number of carbonyl (C=O) groups is 2. The Bertz CT molecular complexity index is 278. The monoisotopic (exact) mass is 225 g/mol. The molecule has 1 fully saturated rings. The summed E-state index contributed by atoms with van der Waals surface area (Å²) in [6.45, 7) is 6.25. The molecule has 1 rings (SSSR count). The number of ketones is 2. The largest absolute Gasteiger partial charge is 0.322 e.